The van der Waals surface area contributed by atoms with Crippen molar-refractivity contribution in [3.05, 3.63) is 72.1 Å². The van der Waals surface area contributed by atoms with Gasteiger partial charge < -0.3 is 5.11 Å². The van der Waals surface area contributed by atoms with E-state index < -0.39 is 0 Å². The van der Waals surface area contributed by atoms with Gasteiger partial charge in [0.2, 0.25) is 0 Å². The molecular formula is C17H13N3O2. The Morgan fingerprint density at radius 1 is 1.09 bits per heavy atom. The molecule has 0 saturated heterocycles. The first-order valence-corrected chi connectivity index (χ1v) is 6.70. The number of hydrogen-bond acceptors (Lipinski definition) is 4. The van der Waals surface area contributed by atoms with Gasteiger partial charge in [-0.2, -0.15) is 5.10 Å². The van der Waals surface area contributed by atoms with Crippen LogP contribution in [0.4, 0.5) is 0 Å². The molecule has 3 aromatic rings. The minimum Gasteiger partial charge on any atom is -0.507 e. The lowest BCUT2D eigenvalue weighted by Crippen LogP contribution is -2.17. The van der Waals surface area contributed by atoms with Gasteiger partial charge in [-0.15, -0.1) is 0 Å². The van der Waals surface area contributed by atoms with Gasteiger partial charge in [0, 0.05) is 23.5 Å². The molecule has 0 aliphatic heterocycles. The van der Waals surface area contributed by atoms with Crippen molar-refractivity contribution in [1.29, 1.82) is 0 Å². The van der Waals surface area contributed by atoms with Crippen LogP contribution in [0.2, 0.25) is 0 Å². The summed E-state index contributed by atoms with van der Waals surface area (Å²) >= 11 is 0. The van der Waals surface area contributed by atoms with E-state index in [2.05, 4.69) is 15.5 Å². The Hall–Kier alpha value is -3.21. The largest absolute Gasteiger partial charge is 0.507 e. The van der Waals surface area contributed by atoms with Crippen molar-refractivity contribution >= 4 is 22.9 Å². The molecule has 1 aromatic heterocycles. The van der Waals surface area contributed by atoms with E-state index in [1.54, 1.807) is 18.2 Å². The summed E-state index contributed by atoms with van der Waals surface area (Å²) in [5, 5.41) is 15.8. The van der Waals surface area contributed by atoms with Crippen molar-refractivity contribution in [2.75, 3.05) is 0 Å². The summed E-state index contributed by atoms with van der Waals surface area (Å²) in [6, 6.07) is 14.3. The smallest absolute Gasteiger partial charge is 0.271 e. The zero-order valence-electron chi connectivity index (χ0n) is 11.6. The molecule has 2 aromatic carbocycles. The van der Waals surface area contributed by atoms with Gasteiger partial charge in [0.25, 0.3) is 5.91 Å². The second-order valence-corrected chi connectivity index (χ2v) is 4.65. The Kier molecular flexibility index (Phi) is 3.78. The molecule has 0 spiro atoms. The Labute approximate surface area is 126 Å². The van der Waals surface area contributed by atoms with E-state index in [-0.39, 0.29) is 11.7 Å². The van der Waals surface area contributed by atoms with Gasteiger partial charge in [-0.25, -0.2) is 5.43 Å². The number of aromatic nitrogens is 1. The maximum atomic E-state index is 11.9. The number of benzene rings is 2. The standard InChI is InChI=1S/C17H13N3O2/c21-16-6-5-12-3-1-2-4-14(12)15(16)11-19-20-17(22)13-7-9-18-10-8-13/h1-11,21H,(H,20,22)/b19-11+. The summed E-state index contributed by atoms with van der Waals surface area (Å²) < 4.78 is 0. The highest BCUT2D eigenvalue weighted by atomic mass is 16.3. The summed E-state index contributed by atoms with van der Waals surface area (Å²) in [6.45, 7) is 0. The van der Waals surface area contributed by atoms with Gasteiger partial charge in [-0.3, -0.25) is 9.78 Å². The molecule has 0 atom stereocenters. The normalized spacial score (nSPS) is 10.9. The monoisotopic (exact) mass is 291 g/mol. The molecule has 0 saturated carbocycles. The summed E-state index contributed by atoms with van der Waals surface area (Å²) in [5.74, 6) is -0.223. The number of amides is 1. The van der Waals surface area contributed by atoms with E-state index in [1.165, 1.54) is 18.6 Å². The lowest BCUT2D eigenvalue weighted by molar-refractivity contribution is 0.0955. The summed E-state index contributed by atoms with van der Waals surface area (Å²) in [6.07, 6.45) is 4.51. The van der Waals surface area contributed by atoms with Gasteiger partial charge >= 0.3 is 0 Å². The van der Waals surface area contributed by atoms with Crippen molar-refractivity contribution in [1.82, 2.24) is 10.4 Å². The van der Waals surface area contributed by atoms with Crippen LogP contribution in [0.15, 0.2) is 66.0 Å². The molecule has 1 heterocycles. The number of aromatic hydroxyl groups is 1. The number of carbonyl (C=O) groups excluding carboxylic acids is 1. The SMILES string of the molecule is O=C(N/N=C/c1c(O)ccc2ccccc12)c1ccncc1. The van der Waals surface area contributed by atoms with Crippen molar-refractivity contribution in [2.45, 2.75) is 0 Å². The molecule has 5 heteroatoms. The molecule has 0 fully saturated rings. The number of fused-ring (bicyclic) bond motifs is 1. The van der Waals surface area contributed by atoms with Crippen LogP contribution in [0.3, 0.4) is 0 Å². The third-order valence-corrected chi connectivity index (χ3v) is 3.25. The molecule has 5 nitrogen and oxygen atoms in total. The average Bonchev–Trinajstić information content (AvgIpc) is 2.57. The number of rotatable bonds is 3. The predicted octanol–water partition coefficient (Wildman–Crippen LogP) is 2.70. The number of phenolic OH excluding ortho intramolecular Hbond substituents is 1. The molecule has 2 N–H and O–H groups in total. The zero-order valence-corrected chi connectivity index (χ0v) is 11.6. The van der Waals surface area contributed by atoms with Crippen LogP contribution in [-0.4, -0.2) is 22.2 Å². The number of nitrogens with zero attached hydrogens (tertiary/aromatic N) is 2. The molecule has 0 radical (unpaired) electrons. The fraction of sp³-hybridized carbons (Fsp3) is 0. The molecule has 0 bridgehead atoms. The lowest BCUT2D eigenvalue weighted by Gasteiger charge is -2.04. The molecule has 0 aliphatic rings. The zero-order chi connectivity index (χ0) is 15.4. The van der Waals surface area contributed by atoms with E-state index in [0.29, 0.717) is 11.1 Å². The molecule has 1 amide bonds. The quantitative estimate of drug-likeness (QED) is 0.575. The molecule has 0 unspecified atom stereocenters. The Bertz CT molecular complexity index is 845. The third kappa shape index (κ3) is 2.78. The van der Waals surface area contributed by atoms with Crippen molar-refractivity contribution in [2.24, 2.45) is 5.10 Å². The van der Waals surface area contributed by atoms with Crippen LogP contribution < -0.4 is 5.43 Å². The second-order valence-electron chi connectivity index (χ2n) is 4.65. The van der Waals surface area contributed by atoms with Crippen LogP contribution in [0.5, 0.6) is 5.75 Å². The lowest BCUT2D eigenvalue weighted by atomic mass is 10.0. The number of phenols is 1. The second kappa shape index (κ2) is 6.05. The van der Waals surface area contributed by atoms with Gasteiger partial charge in [0.05, 0.1) is 6.21 Å². The fourth-order valence-electron chi connectivity index (χ4n) is 2.14. The minimum absolute atomic E-state index is 0.112. The van der Waals surface area contributed by atoms with Gasteiger partial charge in [-0.05, 0) is 29.0 Å². The summed E-state index contributed by atoms with van der Waals surface area (Å²) in [4.78, 5) is 15.7. The van der Waals surface area contributed by atoms with E-state index in [4.69, 9.17) is 0 Å². The Morgan fingerprint density at radius 2 is 1.86 bits per heavy atom. The number of carbonyl (C=O) groups is 1. The first-order valence-electron chi connectivity index (χ1n) is 6.70. The fourth-order valence-corrected chi connectivity index (χ4v) is 2.14. The van der Waals surface area contributed by atoms with Crippen LogP contribution >= 0.6 is 0 Å². The molecule has 22 heavy (non-hydrogen) atoms. The van der Waals surface area contributed by atoms with E-state index >= 15 is 0 Å². The van der Waals surface area contributed by atoms with Crippen LogP contribution in [0, 0.1) is 0 Å². The summed E-state index contributed by atoms with van der Waals surface area (Å²) in [7, 11) is 0. The predicted molar refractivity (Wildman–Crippen MR) is 84.9 cm³/mol. The molecule has 108 valence electrons. The van der Waals surface area contributed by atoms with Crippen LogP contribution in [0.25, 0.3) is 10.8 Å². The maximum Gasteiger partial charge on any atom is 0.271 e. The number of hydrogen-bond donors (Lipinski definition) is 2. The van der Waals surface area contributed by atoms with Crippen LogP contribution in [-0.2, 0) is 0 Å². The molecule has 0 aliphatic carbocycles. The molecule has 3 rings (SSSR count). The number of pyridine rings is 1. The Morgan fingerprint density at radius 3 is 2.68 bits per heavy atom. The highest BCUT2D eigenvalue weighted by Crippen LogP contribution is 2.25. The number of nitrogens with one attached hydrogen (secondary N) is 1. The third-order valence-electron chi connectivity index (χ3n) is 3.25. The molecular weight excluding hydrogens is 278 g/mol. The first-order chi connectivity index (χ1) is 10.8. The topological polar surface area (TPSA) is 74.6 Å². The van der Waals surface area contributed by atoms with Gasteiger partial charge in [-0.1, -0.05) is 30.3 Å². The van der Waals surface area contributed by atoms with E-state index in [9.17, 15) is 9.90 Å². The first kappa shape index (κ1) is 13.8. The van der Waals surface area contributed by atoms with Gasteiger partial charge in [0.1, 0.15) is 5.75 Å². The highest BCUT2D eigenvalue weighted by Gasteiger charge is 2.05. The highest BCUT2D eigenvalue weighted by molar-refractivity contribution is 6.03. The van der Waals surface area contributed by atoms with Gasteiger partial charge in [0.15, 0.2) is 0 Å². The van der Waals surface area contributed by atoms with E-state index in [1.807, 2.05) is 30.3 Å². The average molecular weight is 291 g/mol. The van der Waals surface area contributed by atoms with Crippen molar-refractivity contribution in [3.8, 4) is 5.75 Å². The maximum absolute atomic E-state index is 11.9. The van der Waals surface area contributed by atoms with Crippen molar-refractivity contribution in [3.63, 3.8) is 0 Å². The number of hydrazone groups is 1. The van der Waals surface area contributed by atoms with E-state index in [0.717, 1.165) is 10.8 Å². The minimum atomic E-state index is -0.335. The van der Waals surface area contributed by atoms with Crippen LogP contribution in [0.1, 0.15) is 15.9 Å². The Balaban J connectivity index is 1.84. The van der Waals surface area contributed by atoms with Crippen molar-refractivity contribution < 1.29 is 9.90 Å². The summed E-state index contributed by atoms with van der Waals surface area (Å²) in [5.41, 5.74) is 3.46.